The Labute approximate surface area is 92.7 Å². The molecule has 2 nitrogen and oxygen atoms in total. The Balaban J connectivity index is 2.53. The van der Waals surface area contributed by atoms with E-state index in [0.717, 1.165) is 12.8 Å². The molecule has 0 aromatic rings. The molecular weight excluding hydrogens is 188 g/mol. The zero-order valence-corrected chi connectivity index (χ0v) is 9.71. The minimum atomic E-state index is -0.173. The van der Waals surface area contributed by atoms with Crippen LogP contribution >= 0.6 is 0 Å². The van der Waals surface area contributed by atoms with Gasteiger partial charge in [0.1, 0.15) is 6.10 Å². The molecule has 0 heterocycles. The first-order chi connectivity index (χ1) is 7.29. The molecular formula is C13H22O2. The SMILES string of the molecule is C=CCC(=O)C(OCC)C1CCCCC1. The van der Waals surface area contributed by atoms with Crippen molar-refractivity contribution in [2.45, 2.75) is 51.6 Å². The molecule has 0 aromatic heterocycles. The summed E-state index contributed by atoms with van der Waals surface area (Å²) >= 11 is 0. The van der Waals surface area contributed by atoms with Gasteiger partial charge in [0.25, 0.3) is 0 Å². The summed E-state index contributed by atoms with van der Waals surface area (Å²) in [7, 11) is 0. The number of rotatable bonds is 6. The van der Waals surface area contributed by atoms with Crippen LogP contribution in [0.2, 0.25) is 0 Å². The lowest BCUT2D eigenvalue weighted by atomic mass is 9.83. The van der Waals surface area contributed by atoms with Gasteiger partial charge in [-0.3, -0.25) is 4.79 Å². The van der Waals surface area contributed by atoms with Gasteiger partial charge in [0.15, 0.2) is 5.78 Å². The molecule has 1 aliphatic carbocycles. The van der Waals surface area contributed by atoms with Gasteiger partial charge in [0.2, 0.25) is 0 Å². The van der Waals surface area contributed by atoms with Crippen LogP contribution in [-0.4, -0.2) is 18.5 Å². The Bertz CT molecular complexity index is 205. The van der Waals surface area contributed by atoms with E-state index in [4.69, 9.17) is 4.74 Å². The monoisotopic (exact) mass is 210 g/mol. The average Bonchev–Trinajstić information content (AvgIpc) is 2.27. The van der Waals surface area contributed by atoms with Gasteiger partial charge in [0, 0.05) is 13.0 Å². The highest BCUT2D eigenvalue weighted by atomic mass is 16.5. The lowest BCUT2D eigenvalue weighted by molar-refractivity contribution is -0.133. The van der Waals surface area contributed by atoms with Crippen LogP contribution in [0.1, 0.15) is 45.4 Å². The van der Waals surface area contributed by atoms with Gasteiger partial charge in [-0.15, -0.1) is 6.58 Å². The zero-order chi connectivity index (χ0) is 11.1. The van der Waals surface area contributed by atoms with Crippen molar-refractivity contribution in [3.05, 3.63) is 12.7 Å². The maximum atomic E-state index is 11.8. The summed E-state index contributed by atoms with van der Waals surface area (Å²) in [5.74, 6) is 0.657. The predicted molar refractivity (Wildman–Crippen MR) is 61.8 cm³/mol. The molecule has 1 fully saturated rings. The number of allylic oxidation sites excluding steroid dienone is 1. The molecule has 0 radical (unpaired) electrons. The van der Waals surface area contributed by atoms with E-state index in [-0.39, 0.29) is 11.9 Å². The molecule has 1 rings (SSSR count). The second-order valence-electron chi connectivity index (χ2n) is 4.23. The van der Waals surface area contributed by atoms with Gasteiger partial charge in [-0.1, -0.05) is 25.3 Å². The molecule has 0 spiro atoms. The molecule has 0 bridgehead atoms. The molecule has 0 N–H and O–H groups in total. The normalized spacial score (nSPS) is 19.8. The molecule has 1 saturated carbocycles. The fraction of sp³-hybridized carbons (Fsp3) is 0.769. The maximum absolute atomic E-state index is 11.8. The molecule has 0 aliphatic heterocycles. The van der Waals surface area contributed by atoms with E-state index in [0.29, 0.717) is 18.9 Å². The van der Waals surface area contributed by atoms with Crippen LogP contribution in [0.4, 0.5) is 0 Å². The number of carbonyl (C=O) groups is 1. The topological polar surface area (TPSA) is 26.3 Å². The first-order valence-electron chi connectivity index (χ1n) is 6.04. The summed E-state index contributed by atoms with van der Waals surface area (Å²) in [6.45, 7) is 6.20. The van der Waals surface area contributed by atoms with Crippen molar-refractivity contribution in [1.29, 1.82) is 0 Å². The minimum absolute atomic E-state index is 0.173. The van der Waals surface area contributed by atoms with Crippen LogP contribution in [0, 0.1) is 5.92 Å². The molecule has 1 aliphatic rings. The number of carbonyl (C=O) groups excluding carboxylic acids is 1. The molecule has 1 unspecified atom stereocenters. The van der Waals surface area contributed by atoms with E-state index in [9.17, 15) is 4.79 Å². The van der Waals surface area contributed by atoms with Crippen LogP contribution in [0.5, 0.6) is 0 Å². The highest BCUT2D eigenvalue weighted by Crippen LogP contribution is 2.28. The fourth-order valence-electron chi connectivity index (χ4n) is 2.37. The second kappa shape index (κ2) is 6.78. The Morgan fingerprint density at radius 2 is 2.13 bits per heavy atom. The smallest absolute Gasteiger partial charge is 0.165 e. The highest BCUT2D eigenvalue weighted by molar-refractivity contribution is 5.84. The lowest BCUT2D eigenvalue weighted by Crippen LogP contribution is -2.33. The molecule has 0 aromatic carbocycles. The predicted octanol–water partition coefficient (Wildman–Crippen LogP) is 3.12. The number of ketones is 1. The van der Waals surface area contributed by atoms with Gasteiger partial charge in [-0.05, 0) is 25.7 Å². The van der Waals surface area contributed by atoms with Crippen molar-refractivity contribution in [3.63, 3.8) is 0 Å². The first kappa shape index (κ1) is 12.4. The van der Waals surface area contributed by atoms with Crippen LogP contribution < -0.4 is 0 Å². The van der Waals surface area contributed by atoms with Crippen LogP contribution in [0.25, 0.3) is 0 Å². The highest BCUT2D eigenvalue weighted by Gasteiger charge is 2.28. The fourth-order valence-corrected chi connectivity index (χ4v) is 2.37. The molecule has 0 amide bonds. The van der Waals surface area contributed by atoms with Crippen molar-refractivity contribution in [2.75, 3.05) is 6.61 Å². The summed E-state index contributed by atoms with van der Waals surface area (Å²) in [5, 5.41) is 0. The summed E-state index contributed by atoms with van der Waals surface area (Å²) in [4.78, 5) is 11.8. The van der Waals surface area contributed by atoms with Gasteiger partial charge in [-0.2, -0.15) is 0 Å². The molecule has 1 atom stereocenters. The van der Waals surface area contributed by atoms with Gasteiger partial charge in [-0.25, -0.2) is 0 Å². The van der Waals surface area contributed by atoms with E-state index in [1.807, 2.05) is 6.92 Å². The van der Waals surface area contributed by atoms with E-state index in [2.05, 4.69) is 6.58 Å². The van der Waals surface area contributed by atoms with E-state index < -0.39 is 0 Å². The van der Waals surface area contributed by atoms with Crippen LogP contribution in [0.3, 0.4) is 0 Å². The largest absolute Gasteiger partial charge is 0.370 e. The van der Waals surface area contributed by atoms with Crippen molar-refractivity contribution in [3.8, 4) is 0 Å². The summed E-state index contributed by atoms with van der Waals surface area (Å²) in [6, 6.07) is 0. The van der Waals surface area contributed by atoms with Crippen molar-refractivity contribution in [2.24, 2.45) is 5.92 Å². The lowest BCUT2D eigenvalue weighted by Gasteiger charge is -2.28. The third-order valence-corrected chi connectivity index (χ3v) is 3.09. The van der Waals surface area contributed by atoms with Gasteiger partial charge in [0.05, 0.1) is 0 Å². The molecule has 2 heteroatoms. The third-order valence-electron chi connectivity index (χ3n) is 3.09. The number of Topliss-reactive ketones (excluding diaryl/α,β-unsaturated/α-hetero) is 1. The third kappa shape index (κ3) is 3.78. The second-order valence-corrected chi connectivity index (χ2v) is 4.23. The Morgan fingerprint density at radius 3 is 2.67 bits per heavy atom. The van der Waals surface area contributed by atoms with Crippen molar-refractivity contribution in [1.82, 2.24) is 0 Å². The number of hydrogen-bond donors (Lipinski definition) is 0. The Morgan fingerprint density at radius 1 is 1.47 bits per heavy atom. The van der Waals surface area contributed by atoms with Gasteiger partial charge >= 0.3 is 0 Å². The van der Waals surface area contributed by atoms with Crippen LogP contribution in [-0.2, 0) is 9.53 Å². The van der Waals surface area contributed by atoms with Gasteiger partial charge < -0.3 is 4.74 Å². The minimum Gasteiger partial charge on any atom is -0.370 e. The number of hydrogen-bond acceptors (Lipinski definition) is 2. The average molecular weight is 210 g/mol. The molecule has 0 saturated heterocycles. The van der Waals surface area contributed by atoms with E-state index in [1.165, 1.54) is 19.3 Å². The standard InChI is InChI=1S/C13H22O2/c1-3-8-12(14)13(15-4-2)11-9-6-5-7-10-11/h3,11,13H,1,4-10H2,2H3. The maximum Gasteiger partial charge on any atom is 0.165 e. The van der Waals surface area contributed by atoms with Crippen molar-refractivity contribution >= 4 is 5.78 Å². The quantitative estimate of drug-likeness (QED) is 0.630. The zero-order valence-electron chi connectivity index (χ0n) is 9.71. The van der Waals surface area contributed by atoms with E-state index >= 15 is 0 Å². The summed E-state index contributed by atoms with van der Waals surface area (Å²) in [6.07, 6.45) is 8.05. The number of ether oxygens (including phenoxy) is 1. The first-order valence-corrected chi connectivity index (χ1v) is 6.04. The molecule has 15 heavy (non-hydrogen) atoms. The summed E-state index contributed by atoms with van der Waals surface area (Å²) in [5.41, 5.74) is 0. The Hall–Kier alpha value is -0.630. The van der Waals surface area contributed by atoms with Crippen molar-refractivity contribution < 1.29 is 9.53 Å². The molecule has 86 valence electrons. The van der Waals surface area contributed by atoms with E-state index in [1.54, 1.807) is 6.08 Å². The Kier molecular flexibility index (Phi) is 5.62. The van der Waals surface area contributed by atoms with Crippen LogP contribution in [0.15, 0.2) is 12.7 Å². The summed E-state index contributed by atoms with van der Waals surface area (Å²) < 4.78 is 5.60.